The molecule has 6 nitrogen and oxygen atoms in total. The zero-order chi connectivity index (χ0) is 14.6. The van der Waals surface area contributed by atoms with E-state index in [2.05, 4.69) is 5.32 Å². The number of halogens is 4. The predicted molar refractivity (Wildman–Crippen MR) is 66.0 cm³/mol. The van der Waals surface area contributed by atoms with Crippen molar-refractivity contribution < 1.29 is 27.9 Å². The maximum absolute atomic E-state index is 12.6. The zero-order valence-corrected chi connectivity index (χ0v) is 11.2. The highest BCUT2D eigenvalue weighted by atomic mass is 35.5. The fraction of sp³-hybridized carbons (Fsp3) is 0.800. The van der Waals surface area contributed by atoms with Crippen LogP contribution in [-0.4, -0.2) is 48.3 Å². The van der Waals surface area contributed by atoms with Gasteiger partial charge in [0.2, 0.25) is 12.2 Å². The molecule has 3 unspecified atom stereocenters. The molecule has 4 atom stereocenters. The number of aliphatic hydroxyl groups is 1. The molecule has 1 aliphatic heterocycles. The Bertz CT molecular complexity index is 349. The highest BCUT2D eigenvalue weighted by Gasteiger charge is 2.33. The Kier molecular flexibility index (Phi) is 7.84. The van der Waals surface area contributed by atoms with Crippen LogP contribution in [0.25, 0.3) is 0 Å². The van der Waals surface area contributed by atoms with Crippen LogP contribution >= 0.6 is 12.4 Å². The topological polar surface area (TPSA) is 104 Å². The summed E-state index contributed by atoms with van der Waals surface area (Å²) in [5.41, 5.74) is 5.51. The van der Waals surface area contributed by atoms with Crippen molar-refractivity contribution in [1.82, 2.24) is 10.6 Å². The molecule has 10 heteroatoms. The number of amides is 2. The van der Waals surface area contributed by atoms with Gasteiger partial charge in [-0.05, 0) is 12.8 Å². The first kappa shape index (κ1) is 18.9. The van der Waals surface area contributed by atoms with E-state index in [0.29, 0.717) is 13.0 Å². The van der Waals surface area contributed by atoms with E-state index < -0.39 is 36.7 Å². The quantitative estimate of drug-likeness (QED) is 0.486. The van der Waals surface area contributed by atoms with E-state index in [4.69, 9.17) is 5.73 Å². The summed E-state index contributed by atoms with van der Waals surface area (Å²) in [6.07, 6.45) is -7.54. The number of hydrogen-bond donors (Lipinski definition) is 4. The summed E-state index contributed by atoms with van der Waals surface area (Å²) in [6, 6.07) is -1.13. The lowest BCUT2D eigenvalue weighted by Gasteiger charge is -2.21. The zero-order valence-electron chi connectivity index (χ0n) is 10.4. The summed E-state index contributed by atoms with van der Waals surface area (Å²) < 4.78 is 36.3. The Morgan fingerprint density at radius 2 is 2.10 bits per heavy atom. The largest absolute Gasteiger partial charge is 0.382 e. The van der Waals surface area contributed by atoms with E-state index in [-0.39, 0.29) is 24.7 Å². The molecule has 0 radical (unpaired) electrons. The number of carbonyl (C=O) groups excluding carboxylic acids is 2. The third-order valence-electron chi connectivity index (χ3n) is 2.90. The van der Waals surface area contributed by atoms with E-state index in [1.54, 1.807) is 0 Å². The van der Waals surface area contributed by atoms with Crippen molar-refractivity contribution in [3.05, 3.63) is 0 Å². The van der Waals surface area contributed by atoms with E-state index in [9.17, 15) is 27.9 Å². The second-order valence-electron chi connectivity index (χ2n) is 4.37. The fourth-order valence-electron chi connectivity index (χ4n) is 1.81. The van der Waals surface area contributed by atoms with Crippen LogP contribution < -0.4 is 16.4 Å². The molecular weight excluding hydrogens is 303 g/mol. The minimum Gasteiger partial charge on any atom is -0.382 e. The molecular formula is C10H17ClF3N3O3. The lowest BCUT2D eigenvalue weighted by Crippen LogP contribution is -2.50. The third kappa shape index (κ3) is 5.14. The average molecular weight is 320 g/mol. The van der Waals surface area contributed by atoms with Gasteiger partial charge >= 0.3 is 0 Å². The van der Waals surface area contributed by atoms with Crippen LogP contribution in [0.4, 0.5) is 13.2 Å². The molecule has 1 heterocycles. The van der Waals surface area contributed by atoms with Gasteiger partial charge in [0, 0.05) is 18.5 Å². The Morgan fingerprint density at radius 3 is 2.55 bits per heavy atom. The van der Waals surface area contributed by atoms with Crippen LogP contribution in [0.5, 0.6) is 0 Å². The normalized spacial score (nSPS) is 22.7. The first-order valence-corrected chi connectivity index (χ1v) is 5.77. The molecule has 0 aromatic heterocycles. The van der Waals surface area contributed by atoms with Crippen LogP contribution in [-0.2, 0) is 9.59 Å². The van der Waals surface area contributed by atoms with Crippen LogP contribution in [0, 0.1) is 5.92 Å². The highest BCUT2D eigenvalue weighted by Crippen LogP contribution is 2.17. The van der Waals surface area contributed by atoms with Crippen molar-refractivity contribution in [2.75, 3.05) is 6.54 Å². The molecule has 5 N–H and O–H groups in total. The molecule has 2 amide bonds. The van der Waals surface area contributed by atoms with Gasteiger partial charge in [-0.25, -0.2) is 13.2 Å². The van der Waals surface area contributed by atoms with Crippen molar-refractivity contribution in [2.24, 2.45) is 11.7 Å². The Morgan fingerprint density at radius 1 is 1.50 bits per heavy atom. The molecule has 0 aromatic rings. The van der Waals surface area contributed by atoms with Crippen molar-refractivity contribution in [3.8, 4) is 0 Å². The first-order valence-electron chi connectivity index (χ1n) is 5.77. The molecule has 118 valence electrons. The monoisotopic (exact) mass is 319 g/mol. The lowest BCUT2D eigenvalue weighted by atomic mass is 9.95. The molecule has 1 fully saturated rings. The van der Waals surface area contributed by atoms with Crippen LogP contribution in [0.1, 0.15) is 12.8 Å². The lowest BCUT2D eigenvalue weighted by molar-refractivity contribution is -0.135. The van der Waals surface area contributed by atoms with Gasteiger partial charge < -0.3 is 21.5 Å². The molecule has 0 aromatic carbocycles. The SMILES string of the molecule is Cl.N[C@@H](CC1CCNC1=O)C(O)C(=O)NC(F)C(F)F. The van der Waals surface area contributed by atoms with Gasteiger partial charge in [-0.3, -0.25) is 9.59 Å². The van der Waals surface area contributed by atoms with Gasteiger partial charge in [-0.1, -0.05) is 0 Å². The van der Waals surface area contributed by atoms with Gasteiger partial charge in [0.1, 0.15) is 6.10 Å². The van der Waals surface area contributed by atoms with Gasteiger partial charge in [-0.15, -0.1) is 12.4 Å². The summed E-state index contributed by atoms with van der Waals surface area (Å²) in [6.45, 7) is 0.483. The van der Waals surface area contributed by atoms with E-state index in [1.165, 1.54) is 5.32 Å². The molecule has 20 heavy (non-hydrogen) atoms. The maximum atomic E-state index is 12.6. The standard InChI is InChI=1S/C10H16F3N3O3.ClH/c11-7(12)8(13)16-10(19)6(17)5(14)3-4-1-2-15-9(4)18;/h4-8,17H,1-3,14H2,(H,15,18)(H,16,19);1H/t4?,5-,6?,8?;/m0./s1. The van der Waals surface area contributed by atoms with Crippen molar-refractivity contribution in [1.29, 1.82) is 0 Å². The van der Waals surface area contributed by atoms with E-state index in [0.717, 1.165) is 0 Å². The smallest absolute Gasteiger partial charge is 0.287 e. The summed E-state index contributed by atoms with van der Waals surface area (Å²) in [7, 11) is 0. The van der Waals surface area contributed by atoms with Crippen LogP contribution in [0.15, 0.2) is 0 Å². The number of hydrogen-bond acceptors (Lipinski definition) is 4. The van der Waals surface area contributed by atoms with E-state index >= 15 is 0 Å². The Labute approximate surface area is 119 Å². The Balaban J connectivity index is 0.00000361. The summed E-state index contributed by atoms with van der Waals surface area (Å²) >= 11 is 0. The van der Waals surface area contributed by atoms with Gasteiger partial charge in [0.05, 0.1) is 0 Å². The fourth-order valence-corrected chi connectivity index (χ4v) is 1.81. The minimum absolute atomic E-state index is 0. The average Bonchev–Trinajstić information content (AvgIpc) is 2.73. The predicted octanol–water partition coefficient (Wildman–Crippen LogP) is -0.701. The number of aliphatic hydroxyl groups excluding tert-OH is 1. The summed E-state index contributed by atoms with van der Waals surface area (Å²) in [4.78, 5) is 22.5. The van der Waals surface area contributed by atoms with Crippen LogP contribution in [0.2, 0.25) is 0 Å². The van der Waals surface area contributed by atoms with Gasteiger partial charge in [0.25, 0.3) is 12.3 Å². The third-order valence-corrected chi connectivity index (χ3v) is 2.90. The Hall–Kier alpha value is -1.06. The molecule has 1 rings (SSSR count). The molecule has 0 aliphatic carbocycles. The summed E-state index contributed by atoms with van der Waals surface area (Å²) in [5, 5.41) is 13.3. The van der Waals surface area contributed by atoms with E-state index in [1.807, 2.05) is 0 Å². The molecule has 1 aliphatic rings. The number of nitrogens with one attached hydrogen (secondary N) is 2. The van der Waals surface area contributed by atoms with Crippen molar-refractivity contribution >= 4 is 24.2 Å². The molecule has 1 saturated heterocycles. The number of alkyl halides is 3. The first-order chi connectivity index (χ1) is 8.82. The minimum atomic E-state index is -3.38. The molecule has 0 saturated carbocycles. The number of nitrogens with two attached hydrogens (primary N) is 1. The number of rotatable bonds is 6. The van der Waals surface area contributed by atoms with Gasteiger partial charge in [0.15, 0.2) is 0 Å². The highest BCUT2D eigenvalue weighted by molar-refractivity contribution is 5.85. The van der Waals surface area contributed by atoms with Crippen molar-refractivity contribution in [3.63, 3.8) is 0 Å². The number of carbonyl (C=O) groups is 2. The summed E-state index contributed by atoms with van der Waals surface area (Å²) in [5.74, 6) is -1.99. The molecule has 0 spiro atoms. The van der Waals surface area contributed by atoms with Crippen LogP contribution in [0.3, 0.4) is 0 Å². The second kappa shape index (κ2) is 8.28. The van der Waals surface area contributed by atoms with Crippen molar-refractivity contribution in [2.45, 2.75) is 37.7 Å². The van der Waals surface area contributed by atoms with Gasteiger partial charge in [-0.2, -0.15) is 0 Å². The second-order valence-corrected chi connectivity index (χ2v) is 4.37. The maximum Gasteiger partial charge on any atom is 0.287 e. The molecule has 0 bridgehead atoms.